The van der Waals surface area contributed by atoms with Crippen LogP contribution in [0.25, 0.3) is 10.9 Å². The van der Waals surface area contributed by atoms with Crippen molar-refractivity contribution in [1.82, 2.24) is 19.8 Å². The SMILES string of the molecule is COC[C@@H]1CN(Cc2ccc3c(N)ncnc3c2)CCN1C(=O)COc1cccc(Cl)c1Cl. The summed E-state index contributed by atoms with van der Waals surface area (Å²) in [4.78, 5) is 25.4. The minimum atomic E-state index is -0.120. The molecule has 2 aromatic carbocycles. The van der Waals surface area contributed by atoms with Gasteiger partial charge in [0.1, 0.15) is 22.9 Å². The normalized spacial score (nSPS) is 16.8. The predicted molar refractivity (Wildman–Crippen MR) is 129 cm³/mol. The second-order valence-electron chi connectivity index (χ2n) is 7.88. The summed E-state index contributed by atoms with van der Waals surface area (Å²) in [5, 5.41) is 1.52. The molecule has 3 aromatic rings. The number of piperazine rings is 1. The van der Waals surface area contributed by atoms with Crippen LogP contribution in [0.4, 0.5) is 5.82 Å². The number of hydrogen-bond donors (Lipinski definition) is 1. The molecule has 2 N–H and O–H groups in total. The number of benzene rings is 2. The van der Waals surface area contributed by atoms with E-state index in [9.17, 15) is 4.79 Å². The Morgan fingerprint density at radius 2 is 2.06 bits per heavy atom. The van der Waals surface area contributed by atoms with E-state index in [-0.39, 0.29) is 18.6 Å². The van der Waals surface area contributed by atoms with Gasteiger partial charge in [-0.2, -0.15) is 0 Å². The van der Waals surface area contributed by atoms with Crippen LogP contribution in [-0.4, -0.2) is 71.7 Å². The van der Waals surface area contributed by atoms with Gasteiger partial charge in [-0.3, -0.25) is 9.69 Å². The smallest absolute Gasteiger partial charge is 0.260 e. The number of carbonyl (C=O) groups is 1. The zero-order valence-electron chi connectivity index (χ0n) is 18.2. The molecule has 1 amide bonds. The molecule has 0 unspecified atom stereocenters. The molecule has 1 atom stereocenters. The van der Waals surface area contributed by atoms with Crippen molar-refractivity contribution in [3.63, 3.8) is 0 Å². The van der Waals surface area contributed by atoms with E-state index in [2.05, 4.69) is 14.9 Å². The van der Waals surface area contributed by atoms with E-state index < -0.39 is 0 Å². The number of nitrogen functional groups attached to an aromatic ring is 1. The van der Waals surface area contributed by atoms with Crippen molar-refractivity contribution >= 4 is 45.8 Å². The van der Waals surface area contributed by atoms with Gasteiger partial charge in [0.25, 0.3) is 5.91 Å². The lowest BCUT2D eigenvalue weighted by Crippen LogP contribution is -2.57. The molecule has 4 rings (SSSR count). The van der Waals surface area contributed by atoms with E-state index >= 15 is 0 Å². The van der Waals surface area contributed by atoms with Crippen LogP contribution in [0.3, 0.4) is 0 Å². The van der Waals surface area contributed by atoms with Gasteiger partial charge in [-0.1, -0.05) is 35.3 Å². The second-order valence-corrected chi connectivity index (χ2v) is 8.67. The van der Waals surface area contributed by atoms with Gasteiger partial charge in [0.2, 0.25) is 0 Å². The fourth-order valence-corrected chi connectivity index (χ4v) is 4.37. The van der Waals surface area contributed by atoms with Crippen molar-refractivity contribution in [2.24, 2.45) is 0 Å². The number of hydrogen-bond acceptors (Lipinski definition) is 7. The van der Waals surface area contributed by atoms with E-state index in [1.54, 1.807) is 25.3 Å². The monoisotopic (exact) mass is 489 g/mol. The summed E-state index contributed by atoms with van der Waals surface area (Å²) in [6.45, 7) is 3.03. The van der Waals surface area contributed by atoms with Crippen LogP contribution < -0.4 is 10.5 Å². The molecule has 1 aliphatic heterocycles. The van der Waals surface area contributed by atoms with E-state index in [1.807, 2.05) is 23.1 Å². The zero-order valence-corrected chi connectivity index (χ0v) is 19.7. The van der Waals surface area contributed by atoms with Crippen molar-refractivity contribution in [3.05, 3.63) is 58.3 Å². The van der Waals surface area contributed by atoms with Crippen LogP contribution in [0.2, 0.25) is 10.0 Å². The molecule has 1 aliphatic rings. The van der Waals surface area contributed by atoms with Gasteiger partial charge in [-0.05, 0) is 29.8 Å². The summed E-state index contributed by atoms with van der Waals surface area (Å²) in [6.07, 6.45) is 1.47. The van der Waals surface area contributed by atoms with Crippen molar-refractivity contribution in [2.75, 3.05) is 45.7 Å². The first kappa shape index (κ1) is 23.5. The predicted octanol–water partition coefficient (Wildman–Crippen LogP) is 3.26. The summed E-state index contributed by atoms with van der Waals surface area (Å²) in [5.74, 6) is 0.742. The third-order valence-corrected chi connectivity index (χ3v) is 6.45. The van der Waals surface area contributed by atoms with Crippen molar-refractivity contribution in [3.8, 4) is 5.75 Å². The standard InChI is InChI=1S/C23H25Cl2N5O3/c1-32-12-16-11-29(10-15-5-6-17-19(9-15)27-14-28-23(17)26)7-8-30(16)21(31)13-33-20-4-2-3-18(24)22(20)25/h2-6,9,14,16H,7-8,10-13H2,1H3,(H2,26,27,28)/t16-/m0/s1. The summed E-state index contributed by atoms with van der Waals surface area (Å²) >= 11 is 12.2. The Labute approximate surface area is 202 Å². The Bertz CT molecular complexity index is 1150. The molecule has 0 saturated carbocycles. The third kappa shape index (κ3) is 5.47. The molecule has 174 valence electrons. The number of carbonyl (C=O) groups excluding carboxylic acids is 1. The number of anilines is 1. The lowest BCUT2D eigenvalue weighted by molar-refractivity contribution is -0.140. The topological polar surface area (TPSA) is 93.8 Å². The lowest BCUT2D eigenvalue weighted by Gasteiger charge is -2.41. The third-order valence-electron chi connectivity index (χ3n) is 5.65. The lowest BCUT2D eigenvalue weighted by atomic mass is 10.1. The van der Waals surface area contributed by atoms with Crippen LogP contribution >= 0.6 is 23.2 Å². The van der Waals surface area contributed by atoms with Crippen molar-refractivity contribution in [2.45, 2.75) is 12.6 Å². The molecular formula is C23H25Cl2N5O3. The summed E-state index contributed by atoms with van der Waals surface area (Å²) in [6, 6.07) is 11.0. The van der Waals surface area contributed by atoms with Crippen LogP contribution in [0.15, 0.2) is 42.7 Å². The minimum absolute atomic E-state index is 0.0897. The molecular weight excluding hydrogens is 465 g/mol. The first-order valence-electron chi connectivity index (χ1n) is 10.5. The molecule has 0 bridgehead atoms. The highest BCUT2D eigenvalue weighted by Gasteiger charge is 2.30. The van der Waals surface area contributed by atoms with Gasteiger partial charge in [0.15, 0.2) is 6.61 Å². The highest BCUT2D eigenvalue weighted by Crippen LogP contribution is 2.31. The quantitative estimate of drug-likeness (QED) is 0.544. The number of nitrogens with zero attached hydrogens (tertiary/aromatic N) is 4. The Kier molecular flexibility index (Phi) is 7.49. The zero-order chi connectivity index (χ0) is 23.4. The Morgan fingerprint density at radius 1 is 1.21 bits per heavy atom. The first-order valence-corrected chi connectivity index (χ1v) is 11.3. The Hall–Kier alpha value is -2.65. The van der Waals surface area contributed by atoms with Crippen molar-refractivity contribution in [1.29, 1.82) is 0 Å². The highest BCUT2D eigenvalue weighted by atomic mass is 35.5. The van der Waals surface area contributed by atoms with Gasteiger partial charge >= 0.3 is 0 Å². The molecule has 0 aliphatic carbocycles. The first-order chi connectivity index (χ1) is 16.0. The average Bonchev–Trinajstić information content (AvgIpc) is 2.80. The molecule has 1 saturated heterocycles. The number of methoxy groups -OCH3 is 1. The number of fused-ring (bicyclic) bond motifs is 1. The van der Waals surface area contributed by atoms with Crippen molar-refractivity contribution < 1.29 is 14.3 Å². The maximum atomic E-state index is 12.9. The average molecular weight is 490 g/mol. The molecule has 1 aromatic heterocycles. The number of aromatic nitrogens is 2. The molecule has 2 heterocycles. The van der Waals surface area contributed by atoms with Gasteiger partial charge in [0, 0.05) is 38.7 Å². The maximum Gasteiger partial charge on any atom is 0.260 e. The van der Waals surface area contributed by atoms with Gasteiger partial charge < -0.3 is 20.1 Å². The minimum Gasteiger partial charge on any atom is -0.482 e. The van der Waals surface area contributed by atoms with Crippen LogP contribution in [0.5, 0.6) is 5.75 Å². The maximum absolute atomic E-state index is 12.9. The molecule has 33 heavy (non-hydrogen) atoms. The van der Waals surface area contributed by atoms with Gasteiger partial charge in [0.05, 0.1) is 23.2 Å². The van der Waals surface area contributed by atoms with E-state index in [4.69, 9.17) is 38.4 Å². The van der Waals surface area contributed by atoms with Gasteiger partial charge in [-0.15, -0.1) is 0 Å². The summed E-state index contributed by atoms with van der Waals surface area (Å²) in [7, 11) is 1.64. The van der Waals surface area contributed by atoms with E-state index in [0.717, 1.165) is 29.6 Å². The van der Waals surface area contributed by atoms with E-state index in [0.29, 0.717) is 41.3 Å². The number of halogens is 2. The second kappa shape index (κ2) is 10.5. The highest BCUT2D eigenvalue weighted by molar-refractivity contribution is 6.42. The Morgan fingerprint density at radius 3 is 2.88 bits per heavy atom. The molecule has 10 heteroatoms. The number of ether oxygens (including phenoxy) is 2. The van der Waals surface area contributed by atoms with Crippen LogP contribution in [0, 0.1) is 0 Å². The number of rotatable bonds is 7. The molecule has 0 spiro atoms. The summed E-state index contributed by atoms with van der Waals surface area (Å²) < 4.78 is 11.0. The Balaban J connectivity index is 1.39. The van der Waals surface area contributed by atoms with Gasteiger partial charge in [-0.25, -0.2) is 9.97 Å². The fourth-order valence-electron chi connectivity index (χ4n) is 4.02. The fraction of sp³-hybridized carbons (Fsp3) is 0.348. The molecule has 0 radical (unpaired) electrons. The number of amides is 1. The van der Waals surface area contributed by atoms with E-state index in [1.165, 1.54) is 6.33 Å². The molecule has 1 fully saturated rings. The largest absolute Gasteiger partial charge is 0.482 e. The molecule has 8 nitrogen and oxygen atoms in total. The number of nitrogens with two attached hydrogens (primary N) is 1. The van der Waals surface area contributed by atoms with Crippen LogP contribution in [0.1, 0.15) is 5.56 Å². The summed E-state index contributed by atoms with van der Waals surface area (Å²) in [5.41, 5.74) is 7.87. The van der Waals surface area contributed by atoms with Crippen LogP contribution in [-0.2, 0) is 16.1 Å².